The van der Waals surface area contributed by atoms with Crippen molar-refractivity contribution < 1.29 is 9.63 Å². The molecule has 0 spiro atoms. The second-order valence-electron chi connectivity index (χ2n) is 5.31. The van der Waals surface area contributed by atoms with E-state index in [0.717, 1.165) is 35.6 Å². The van der Waals surface area contributed by atoms with Gasteiger partial charge in [-0.1, -0.05) is 17.3 Å². The Morgan fingerprint density at radius 1 is 1.13 bits per heavy atom. The van der Waals surface area contributed by atoms with E-state index in [1.807, 2.05) is 32.0 Å². The number of phenols is 1. The van der Waals surface area contributed by atoms with Gasteiger partial charge < -0.3 is 14.9 Å². The predicted octanol–water partition coefficient (Wildman–Crippen LogP) is 3.11. The number of hydrogen-bond donors (Lipinski definition) is 2. The lowest BCUT2D eigenvalue weighted by Crippen LogP contribution is -2.07. The average molecular weight is 310 g/mol. The van der Waals surface area contributed by atoms with Gasteiger partial charge in [-0.3, -0.25) is 0 Å². The first-order valence-electron chi connectivity index (χ1n) is 7.41. The first-order chi connectivity index (χ1) is 11.1. The van der Waals surface area contributed by atoms with Crippen LogP contribution in [0.2, 0.25) is 0 Å². The first kappa shape index (κ1) is 15.0. The molecule has 2 N–H and O–H groups in total. The summed E-state index contributed by atoms with van der Waals surface area (Å²) in [4.78, 5) is 8.82. The molecule has 1 aromatic carbocycles. The van der Waals surface area contributed by atoms with Gasteiger partial charge in [0, 0.05) is 12.7 Å². The number of nitrogens with one attached hydrogen (secondary N) is 1. The highest BCUT2D eigenvalue weighted by atomic mass is 16.5. The Kier molecular flexibility index (Phi) is 4.23. The molecule has 118 valence electrons. The summed E-state index contributed by atoms with van der Waals surface area (Å²) >= 11 is 0. The molecule has 3 rings (SSSR count). The minimum absolute atomic E-state index is 0.279. The maximum Gasteiger partial charge on any atom is 0.166 e. The van der Waals surface area contributed by atoms with Gasteiger partial charge in [0.2, 0.25) is 0 Å². The molecule has 0 aliphatic heterocycles. The standard InChI is InChI=1S/C17H18N4O2/c1-11-16(12(2)23-21-11)17-19-10-8-15(20-17)18-9-7-13-3-5-14(22)6-4-13/h3-6,8,10,22H,7,9H2,1-2H3,(H,18,19,20). The predicted molar refractivity (Wildman–Crippen MR) is 87.3 cm³/mol. The van der Waals surface area contributed by atoms with Crippen molar-refractivity contribution >= 4 is 5.82 Å². The lowest BCUT2D eigenvalue weighted by molar-refractivity contribution is 0.393. The number of hydrogen-bond acceptors (Lipinski definition) is 6. The third-order valence-corrected chi connectivity index (χ3v) is 3.57. The molecule has 0 saturated heterocycles. The lowest BCUT2D eigenvalue weighted by atomic mass is 10.1. The fraction of sp³-hybridized carbons (Fsp3) is 0.235. The van der Waals surface area contributed by atoms with Crippen molar-refractivity contribution in [2.75, 3.05) is 11.9 Å². The molecule has 0 unspecified atom stereocenters. The highest BCUT2D eigenvalue weighted by molar-refractivity contribution is 5.61. The SMILES string of the molecule is Cc1noc(C)c1-c1nccc(NCCc2ccc(O)cc2)n1. The minimum atomic E-state index is 0.279. The molecule has 2 heterocycles. The summed E-state index contributed by atoms with van der Waals surface area (Å²) in [7, 11) is 0. The van der Waals surface area contributed by atoms with Crippen molar-refractivity contribution in [3.63, 3.8) is 0 Å². The normalized spacial score (nSPS) is 10.7. The summed E-state index contributed by atoms with van der Waals surface area (Å²) in [5, 5.41) is 16.5. The van der Waals surface area contributed by atoms with E-state index in [9.17, 15) is 5.11 Å². The molecular formula is C17H18N4O2. The summed E-state index contributed by atoms with van der Waals surface area (Å²) in [6, 6.07) is 9.03. The second kappa shape index (κ2) is 6.48. The molecule has 0 aliphatic rings. The fourth-order valence-electron chi connectivity index (χ4n) is 2.38. The van der Waals surface area contributed by atoms with Gasteiger partial charge in [0.05, 0.1) is 11.3 Å². The van der Waals surface area contributed by atoms with Gasteiger partial charge >= 0.3 is 0 Å². The molecule has 6 nitrogen and oxygen atoms in total. The molecule has 6 heteroatoms. The summed E-state index contributed by atoms with van der Waals surface area (Å²) < 4.78 is 5.17. The lowest BCUT2D eigenvalue weighted by Gasteiger charge is -2.07. The van der Waals surface area contributed by atoms with Crippen LogP contribution < -0.4 is 5.32 Å². The van der Waals surface area contributed by atoms with E-state index < -0.39 is 0 Å². The van der Waals surface area contributed by atoms with Gasteiger partial charge in [0.1, 0.15) is 17.3 Å². The Balaban J connectivity index is 1.67. The van der Waals surface area contributed by atoms with Gasteiger partial charge in [0.25, 0.3) is 0 Å². The molecule has 3 aromatic rings. The van der Waals surface area contributed by atoms with E-state index >= 15 is 0 Å². The zero-order chi connectivity index (χ0) is 16.2. The van der Waals surface area contributed by atoms with E-state index in [-0.39, 0.29) is 5.75 Å². The molecular weight excluding hydrogens is 292 g/mol. The molecule has 0 fully saturated rings. The largest absolute Gasteiger partial charge is 0.508 e. The Hall–Kier alpha value is -2.89. The molecule has 0 radical (unpaired) electrons. The fourth-order valence-corrected chi connectivity index (χ4v) is 2.38. The van der Waals surface area contributed by atoms with Crippen molar-refractivity contribution in [3.8, 4) is 17.1 Å². The zero-order valence-electron chi connectivity index (χ0n) is 13.1. The van der Waals surface area contributed by atoms with E-state index in [4.69, 9.17) is 4.52 Å². The molecule has 0 aliphatic carbocycles. The van der Waals surface area contributed by atoms with E-state index in [2.05, 4.69) is 20.4 Å². The van der Waals surface area contributed by atoms with E-state index in [0.29, 0.717) is 11.6 Å². The van der Waals surface area contributed by atoms with Gasteiger partial charge in [-0.25, -0.2) is 9.97 Å². The summed E-state index contributed by atoms with van der Waals surface area (Å²) in [5.74, 6) is 2.36. The van der Waals surface area contributed by atoms with Crippen LogP contribution in [-0.2, 0) is 6.42 Å². The van der Waals surface area contributed by atoms with Crippen LogP contribution >= 0.6 is 0 Å². The molecule has 0 bridgehead atoms. The third kappa shape index (κ3) is 3.48. The first-order valence-corrected chi connectivity index (χ1v) is 7.41. The molecule has 23 heavy (non-hydrogen) atoms. The Labute approximate surface area is 134 Å². The third-order valence-electron chi connectivity index (χ3n) is 3.57. The monoisotopic (exact) mass is 310 g/mol. The van der Waals surface area contributed by atoms with Gasteiger partial charge in [-0.2, -0.15) is 0 Å². The van der Waals surface area contributed by atoms with E-state index in [1.54, 1.807) is 18.3 Å². The van der Waals surface area contributed by atoms with Crippen molar-refractivity contribution in [1.29, 1.82) is 0 Å². The van der Waals surface area contributed by atoms with Crippen LogP contribution in [0.1, 0.15) is 17.0 Å². The van der Waals surface area contributed by atoms with Crippen molar-refractivity contribution in [1.82, 2.24) is 15.1 Å². The molecule has 0 atom stereocenters. The summed E-state index contributed by atoms with van der Waals surface area (Å²) in [5.41, 5.74) is 2.77. The highest BCUT2D eigenvalue weighted by Crippen LogP contribution is 2.24. The summed E-state index contributed by atoms with van der Waals surface area (Å²) in [6.07, 6.45) is 2.56. The van der Waals surface area contributed by atoms with Gasteiger partial charge in [0.15, 0.2) is 5.82 Å². The molecule has 0 saturated carbocycles. The molecule has 0 amide bonds. The smallest absolute Gasteiger partial charge is 0.166 e. The van der Waals surface area contributed by atoms with Crippen LogP contribution in [0.25, 0.3) is 11.4 Å². The Morgan fingerprint density at radius 3 is 2.61 bits per heavy atom. The number of aromatic hydroxyl groups is 1. The van der Waals surface area contributed by atoms with Crippen molar-refractivity contribution in [2.45, 2.75) is 20.3 Å². The number of benzene rings is 1. The Bertz CT molecular complexity index is 777. The quantitative estimate of drug-likeness (QED) is 0.753. The topological polar surface area (TPSA) is 84.1 Å². The van der Waals surface area contributed by atoms with Gasteiger partial charge in [-0.15, -0.1) is 0 Å². The van der Waals surface area contributed by atoms with E-state index in [1.165, 1.54) is 0 Å². The number of anilines is 1. The van der Waals surface area contributed by atoms with Crippen LogP contribution in [0.5, 0.6) is 5.75 Å². The number of aryl methyl sites for hydroxylation is 2. The maximum atomic E-state index is 9.28. The van der Waals surface area contributed by atoms with Crippen LogP contribution in [-0.4, -0.2) is 26.8 Å². The number of aromatic nitrogens is 3. The van der Waals surface area contributed by atoms with Crippen molar-refractivity contribution in [2.24, 2.45) is 0 Å². The van der Waals surface area contributed by atoms with Crippen molar-refractivity contribution in [3.05, 3.63) is 53.5 Å². The second-order valence-corrected chi connectivity index (χ2v) is 5.31. The molecule has 2 aromatic heterocycles. The van der Waals surface area contributed by atoms with Crippen LogP contribution in [0.15, 0.2) is 41.1 Å². The number of nitrogens with zero attached hydrogens (tertiary/aromatic N) is 3. The average Bonchev–Trinajstić information content (AvgIpc) is 2.88. The zero-order valence-corrected chi connectivity index (χ0v) is 13.1. The van der Waals surface area contributed by atoms with Gasteiger partial charge in [-0.05, 0) is 44.0 Å². The highest BCUT2D eigenvalue weighted by Gasteiger charge is 2.14. The number of phenolic OH excluding ortho intramolecular Hbond substituents is 1. The van der Waals surface area contributed by atoms with Crippen LogP contribution in [0.4, 0.5) is 5.82 Å². The van der Waals surface area contributed by atoms with Crippen LogP contribution in [0.3, 0.4) is 0 Å². The van der Waals surface area contributed by atoms with Crippen LogP contribution in [0, 0.1) is 13.8 Å². The summed E-state index contributed by atoms with van der Waals surface area (Å²) in [6.45, 7) is 4.46. The minimum Gasteiger partial charge on any atom is -0.508 e. The Morgan fingerprint density at radius 2 is 1.91 bits per heavy atom. The maximum absolute atomic E-state index is 9.28. The number of rotatable bonds is 5.